The highest BCUT2D eigenvalue weighted by Gasteiger charge is 2.10. The van der Waals surface area contributed by atoms with Gasteiger partial charge in [0.15, 0.2) is 0 Å². The summed E-state index contributed by atoms with van der Waals surface area (Å²) in [6, 6.07) is 12.0. The summed E-state index contributed by atoms with van der Waals surface area (Å²) in [6.07, 6.45) is 2.84. The smallest absolute Gasteiger partial charge is 0.217 e. The number of hydrazone groups is 1. The molecule has 1 aliphatic heterocycles. The third-order valence-electron chi connectivity index (χ3n) is 4.57. The van der Waals surface area contributed by atoms with E-state index in [1.165, 1.54) is 5.56 Å². The molecule has 0 spiro atoms. The molecule has 1 saturated heterocycles. The number of nitrogens with zero attached hydrogens (tertiary/aromatic N) is 3. The van der Waals surface area contributed by atoms with Crippen molar-refractivity contribution in [2.45, 2.75) is 20.3 Å². The van der Waals surface area contributed by atoms with E-state index in [-0.39, 0.29) is 0 Å². The first-order chi connectivity index (χ1) is 14.2. The molecule has 0 radical (unpaired) electrons. The van der Waals surface area contributed by atoms with E-state index < -0.39 is 0 Å². The van der Waals surface area contributed by atoms with Gasteiger partial charge in [-0.15, -0.1) is 0 Å². The van der Waals surface area contributed by atoms with Crippen LogP contribution in [0.2, 0.25) is 0 Å². The Morgan fingerprint density at radius 2 is 2.10 bits per heavy atom. The molecule has 2 heterocycles. The highest BCUT2D eigenvalue weighted by atomic mass is 16.5. The van der Waals surface area contributed by atoms with Gasteiger partial charge in [-0.05, 0) is 18.9 Å². The van der Waals surface area contributed by atoms with Gasteiger partial charge in [-0.1, -0.05) is 36.8 Å². The summed E-state index contributed by atoms with van der Waals surface area (Å²) in [5, 5.41) is 7.68. The van der Waals surface area contributed by atoms with Crippen molar-refractivity contribution in [3.8, 4) is 5.88 Å². The Balaban J connectivity index is 1.61. The molecule has 156 valence electrons. The number of ether oxygens (including phenoxy) is 2. The number of rotatable bonds is 10. The lowest BCUT2D eigenvalue weighted by Gasteiger charge is -2.26. The summed E-state index contributed by atoms with van der Waals surface area (Å²) in [5.74, 6) is 1.37. The Bertz CT molecular complexity index is 791. The number of aryl methyl sites for hydroxylation is 1. The van der Waals surface area contributed by atoms with Gasteiger partial charge in [-0.25, -0.2) is 0 Å². The van der Waals surface area contributed by atoms with Gasteiger partial charge < -0.3 is 14.8 Å². The molecule has 1 fully saturated rings. The van der Waals surface area contributed by atoms with E-state index in [1.54, 1.807) is 0 Å². The Labute approximate surface area is 173 Å². The van der Waals surface area contributed by atoms with Gasteiger partial charge in [-0.2, -0.15) is 10.1 Å². The second-order valence-corrected chi connectivity index (χ2v) is 7.09. The standard InChI is InChI=1S/C22H31N5O2/c1-3-7-23-21-15-20(26-24-17-19-6-4-5-18(2)14-19)16-22(25-21)29-13-10-27-8-11-28-12-9-27/h4-6,14-17H,3,7-13H2,1-2H3,(H2,23,25,26)/b24-17+. The van der Waals surface area contributed by atoms with Crippen LogP contribution in [0.25, 0.3) is 0 Å². The summed E-state index contributed by atoms with van der Waals surface area (Å²) in [6.45, 7) is 10.0. The Morgan fingerprint density at radius 1 is 1.24 bits per heavy atom. The maximum Gasteiger partial charge on any atom is 0.217 e. The summed E-state index contributed by atoms with van der Waals surface area (Å²) < 4.78 is 11.3. The van der Waals surface area contributed by atoms with Crippen molar-refractivity contribution in [3.63, 3.8) is 0 Å². The van der Waals surface area contributed by atoms with Gasteiger partial charge in [0.2, 0.25) is 5.88 Å². The molecule has 0 atom stereocenters. The second-order valence-electron chi connectivity index (χ2n) is 7.09. The topological polar surface area (TPSA) is 71.0 Å². The highest BCUT2D eigenvalue weighted by Crippen LogP contribution is 2.20. The fraction of sp³-hybridized carbons (Fsp3) is 0.455. The molecule has 7 nitrogen and oxygen atoms in total. The van der Waals surface area contributed by atoms with Gasteiger partial charge in [0.25, 0.3) is 0 Å². The van der Waals surface area contributed by atoms with E-state index in [9.17, 15) is 0 Å². The van der Waals surface area contributed by atoms with Crippen molar-refractivity contribution in [3.05, 3.63) is 47.5 Å². The molecular formula is C22H31N5O2. The maximum atomic E-state index is 5.92. The Kier molecular flexibility index (Phi) is 8.27. The minimum Gasteiger partial charge on any atom is -0.476 e. The lowest BCUT2D eigenvalue weighted by Crippen LogP contribution is -2.38. The van der Waals surface area contributed by atoms with Crippen LogP contribution in [0.3, 0.4) is 0 Å². The molecule has 0 aliphatic carbocycles. The van der Waals surface area contributed by atoms with E-state index in [4.69, 9.17) is 9.47 Å². The number of nitrogens with one attached hydrogen (secondary N) is 2. The molecule has 7 heteroatoms. The SMILES string of the molecule is CCCNc1cc(N/N=C/c2cccc(C)c2)cc(OCCN2CCOCC2)n1. The minimum absolute atomic E-state index is 0.590. The molecule has 1 aromatic heterocycles. The Hall–Kier alpha value is -2.64. The van der Waals surface area contributed by atoms with Crippen LogP contribution >= 0.6 is 0 Å². The molecule has 2 aromatic rings. The van der Waals surface area contributed by atoms with Crippen LogP contribution in [0.5, 0.6) is 5.88 Å². The maximum absolute atomic E-state index is 5.92. The van der Waals surface area contributed by atoms with Crippen LogP contribution in [0, 0.1) is 6.92 Å². The zero-order valence-electron chi connectivity index (χ0n) is 17.4. The zero-order valence-corrected chi connectivity index (χ0v) is 17.4. The Morgan fingerprint density at radius 3 is 2.90 bits per heavy atom. The van der Waals surface area contributed by atoms with Crippen molar-refractivity contribution < 1.29 is 9.47 Å². The molecular weight excluding hydrogens is 366 g/mol. The average Bonchev–Trinajstić information content (AvgIpc) is 2.73. The quantitative estimate of drug-likeness (QED) is 0.473. The molecule has 1 aliphatic rings. The number of anilines is 2. The van der Waals surface area contributed by atoms with Crippen LogP contribution in [0.4, 0.5) is 11.5 Å². The van der Waals surface area contributed by atoms with Gasteiger partial charge in [0.1, 0.15) is 12.4 Å². The third-order valence-corrected chi connectivity index (χ3v) is 4.57. The van der Waals surface area contributed by atoms with Crippen molar-refractivity contribution in [2.24, 2.45) is 5.10 Å². The van der Waals surface area contributed by atoms with Crippen molar-refractivity contribution in [2.75, 3.05) is 56.7 Å². The first kappa shape index (κ1) is 21.1. The van der Waals surface area contributed by atoms with E-state index in [2.05, 4.69) is 51.7 Å². The summed E-state index contributed by atoms with van der Waals surface area (Å²) in [7, 11) is 0. The van der Waals surface area contributed by atoms with Crippen molar-refractivity contribution in [1.29, 1.82) is 0 Å². The fourth-order valence-corrected chi connectivity index (χ4v) is 3.02. The molecule has 1 aromatic carbocycles. The second kappa shape index (κ2) is 11.4. The van der Waals surface area contributed by atoms with Crippen LogP contribution in [0.15, 0.2) is 41.5 Å². The molecule has 2 N–H and O–H groups in total. The van der Waals surface area contributed by atoms with Crippen LogP contribution in [-0.4, -0.2) is 62.1 Å². The van der Waals surface area contributed by atoms with E-state index in [0.29, 0.717) is 12.5 Å². The lowest BCUT2D eigenvalue weighted by molar-refractivity contribution is 0.0320. The number of hydrogen-bond acceptors (Lipinski definition) is 7. The van der Waals surface area contributed by atoms with E-state index >= 15 is 0 Å². The summed E-state index contributed by atoms with van der Waals surface area (Å²) in [5.41, 5.74) is 6.19. The molecule has 0 bridgehead atoms. The summed E-state index contributed by atoms with van der Waals surface area (Å²) >= 11 is 0. The van der Waals surface area contributed by atoms with Gasteiger partial charge in [0.05, 0.1) is 25.1 Å². The predicted molar refractivity (Wildman–Crippen MR) is 118 cm³/mol. The fourth-order valence-electron chi connectivity index (χ4n) is 3.02. The first-order valence-corrected chi connectivity index (χ1v) is 10.3. The van der Waals surface area contributed by atoms with E-state index in [0.717, 1.165) is 62.9 Å². The highest BCUT2D eigenvalue weighted by molar-refractivity contribution is 5.80. The lowest BCUT2D eigenvalue weighted by atomic mass is 10.2. The van der Waals surface area contributed by atoms with Crippen LogP contribution in [0.1, 0.15) is 24.5 Å². The minimum atomic E-state index is 0.590. The number of hydrogen-bond donors (Lipinski definition) is 2. The molecule has 29 heavy (non-hydrogen) atoms. The number of pyridine rings is 1. The monoisotopic (exact) mass is 397 g/mol. The molecule has 0 unspecified atom stereocenters. The van der Waals surface area contributed by atoms with Crippen molar-refractivity contribution in [1.82, 2.24) is 9.88 Å². The number of aromatic nitrogens is 1. The third kappa shape index (κ3) is 7.36. The van der Waals surface area contributed by atoms with Gasteiger partial charge >= 0.3 is 0 Å². The normalized spacial score (nSPS) is 14.8. The average molecular weight is 398 g/mol. The predicted octanol–water partition coefficient (Wildman–Crippen LogP) is 3.37. The van der Waals surface area contributed by atoms with E-state index in [1.807, 2.05) is 30.5 Å². The number of benzene rings is 1. The van der Waals surface area contributed by atoms with Crippen LogP contribution in [-0.2, 0) is 4.74 Å². The van der Waals surface area contributed by atoms with Crippen molar-refractivity contribution >= 4 is 17.7 Å². The molecule has 3 rings (SSSR count). The van der Waals surface area contributed by atoms with Gasteiger partial charge in [0, 0.05) is 38.3 Å². The summed E-state index contributed by atoms with van der Waals surface area (Å²) in [4.78, 5) is 6.90. The number of morpholine rings is 1. The first-order valence-electron chi connectivity index (χ1n) is 10.3. The zero-order chi connectivity index (χ0) is 20.3. The van der Waals surface area contributed by atoms with Gasteiger partial charge in [-0.3, -0.25) is 10.3 Å². The van der Waals surface area contributed by atoms with Crippen LogP contribution < -0.4 is 15.5 Å². The molecule has 0 saturated carbocycles. The molecule has 0 amide bonds. The largest absolute Gasteiger partial charge is 0.476 e.